The zero-order chi connectivity index (χ0) is 13.2. The minimum absolute atomic E-state index is 0.201. The van der Waals surface area contributed by atoms with E-state index in [1.165, 1.54) is 21.0 Å². The summed E-state index contributed by atoms with van der Waals surface area (Å²) in [6, 6.07) is 2.93. The molecule has 0 spiro atoms. The number of ether oxygens (including phenoxy) is 1. The molecule has 0 aromatic heterocycles. The van der Waals surface area contributed by atoms with E-state index in [9.17, 15) is 4.39 Å². The zero-order valence-corrected chi connectivity index (χ0v) is 10.7. The maximum atomic E-state index is 14.1. The lowest BCUT2D eigenvalue weighted by molar-refractivity contribution is 0.211. The first-order valence-electron chi connectivity index (χ1n) is 5.56. The second-order valence-electron chi connectivity index (χ2n) is 4.64. The smallest absolute Gasteiger partial charge is 0.134 e. The number of hydrogen-bond donors (Lipinski definition) is 2. The van der Waals surface area contributed by atoms with E-state index in [4.69, 9.17) is 15.6 Å². The molecule has 0 saturated heterocycles. The fourth-order valence-electron chi connectivity index (χ4n) is 1.94. The second kappa shape index (κ2) is 5.02. The van der Waals surface area contributed by atoms with E-state index in [-0.39, 0.29) is 6.61 Å². The number of methoxy groups -OCH3 is 1. The lowest BCUT2D eigenvalue weighted by Gasteiger charge is -2.24. The van der Waals surface area contributed by atoms with Crippen molar-refractivity contribution in [2.75, 3.05) is 13.7 Å². The van der Waals surface area contributed by atoms with Gasteiger partial charge in [0.25, 0.3) is 0 Å². The van der Waals surface area contributed by atoms with Crippen molar-refractivity contribution in [1.82, 2.24) is 0 Å². The van der Waals surface area contributed by atoms with Gasteiger partial charge < -0.3 is 15.6 Å². The predicted molar refractivity (Wildman–Crippen MR) is 65.9 cm³/mol. The molecule has 0 radical (unpaired) electrons. The monoisotopic (exact) mass is 241 g/mol. The maximum absolute atomic E-state index is 14.1. The fourth-order valence-corrected chi connectivity index (χ4v) is 1.94. The van der Waals surface area contributed by atoms with E-state index in [1.54, 1.807) is 12.1 Å². The van der Waals surface area contributed by atoms with Crippen LogP contribution in [-0.2, 0) is 5.67 Å². The Labute approximate surface area is 101 Å². The van der Waals surface area contributed by atoms with Crippen LogP contribution in [0.1, 0.15) is 36.6 Å². The maximum Gasteiger partial charge on any atom is 0.134 e. The summed E-state index contributed by atoms with van der Waals surface area (Å²) in [6.45, 7) is 4.60. The topological polar surface area (TPSA) is 55.5 Å². The zero-order valence-electron chi connectivity index (χ0n) is 10.7. The van der Waals surface area contributed by atoms with Gasteiger partial charge in [-0.1, -0.05) is 12.1 Å². The predicted octanol–water partition coefficient (Wildman–Crippen LogP) is 2.20. The third kappa shape index (κ3) is 2.76. The van der Waals surface area contributed by atoms with Gasteiger partial charge in [-0.3, -0.25) is 0 Å². The molecule has 0 heterocycles. The normalized spacial score (nSPS) is 13.6. The first-order chi connectivity index (χ1) is 7.82. The second-order valence-corrected chi connectivity index (χ2v) is 4.64. The fraction of sp³-hybridized carbons (Fsp3) is 0.538. The molecule has 3 N–H and O–H groups in total. The molecule has 0 aliphatic rings. The van der Waals surface area contributed by atoms with Crippen LogP contribution in [0.25, 0.3) is 0 Å². The van der Waals surface area contributed by atoms with Crippen LogP contribution in [-0.4, -0.2) is 18.8 Å². The standard InChI is InChI=1S/C13H20FNO2/c1-8-5-6-9(13(2,3)14)12(17-4)11(8)10(15)7-16/h5-6,10,16H,7,15H2,1-4H3. The molecule has 1 aromatic rings. The third-order valence-corrected chi connectivity index (χ3v) is 2.83. The Morgan fingerprint density at radius 3 is 2.47 bits per heavy atom. The van der Waals surface area contributed by atoms with Crippen LogP contribution in [0.3, 0.4) is 0 Å². The average Bonchev–Trinajstić information content (AvgIpc) is 2.25. The first-order valence-corrected chi connectivity index (χ1v) is 5.56. The van der Waals surface area contributed by atoms with Gasteiger partial charge in [0.1, 0.15) is 11.4 Å². The summed E-state index contributed by atoms with van der Waals surface area (Å²) in [7, 11) is 1.48. The highest BCUT2D eigenvalue weighted by atomic mass is 19.1. The summed E-state index contributed by atoms with van der Waals surface area (Å²) >= 11 is 0. The van der Waals surface area contributed by atoms with Crippen molar-refractivity contribution < 1.29 is 14.2 Å². The van der Waals surface area contributed by atoms with Crippen molar-refractivity contribution in [1.29, 1.82) is 0 Å². The number of rotatable bonds is 4. The number of nitrogens with two attached hydrogens (primary N) is 1. The van der Waals surface area contributed by atoms with Gasteiger partial charge in [-0.05, 0) is 26.3 Å². The van der Waals surface area contributed by atoms with Gasteiger partial charge in [-0.25, -0.2) is 4.39 Å². The van der Waals surface area contributed by atoms with Crippen LogP contribution >= 0.6 is 0 Å². The number of halogens is 1. The molecule has 1 unspecified atom stereocenters. The van der Waals surface area contributed by atoms with Crippen LogP contribution in [0.5, 0.6) is 5.75 Å². The molecule has 0 aliphatic heterocycles. The van der Waals surface area contributed by atoms with Gasteiger partial charge in [0, 0.05) is 11.1 Å². The van der Waals surface area contributed by atoms with E-state index in [2.05, 4.69) is 0 Å². The van der Waals surface area contributed by atoms with Crippen molar-refractivity contribution in [2.24, 2.45) is 5.73 Å². The molecule has 4 heteroatoms. The van der Waals surface area contributed by atoms with Crippen molar-refractivity contribution in [3.63, 3.8) is 0 Å². The van der Waals surface area contributed by atoms with Crippen LogP contribution < -0.4 is 10.5 Å². The number of aliphatic hydroxyl groups excluding tert-OH is 1. The molecular formula is C13H20FNO2. The van der Waals surface area contributed by atoms with E-state index < -0.39 is 11.7 Å². The molecular weight excluding hydrogens is 221 g/mol. The Morgan fingerprint density at radius 2 is 2.06 bits per heavy atom. The summed E-state index contributed by atoms with van der Waals surface area (Å²) < 4.78 is 19.3. The molecule has 3 nitrogen and oxygen atoms in total. The van der Waals surface area contributed by atoms with Gasteiger partial charge in [0.15, 0.2) is 0 Å². The number of alkyl halides is 1. The quantitative estimate of drug-likeness (QED) is 0.849. The van der Waals surface area contributed by atoms with Crippen molar-refractivity contribution in [3.05, 3.63) is 28.8 Å². The van der Waals surface area contributed by atoms with E-state index in [0.29, 0.717) is 16.9 Å². The summed E-state index contributed by atoms with van der Waals surface area (Å²) in [6.07, 6.45) is 0. The molecule has 1 rings (SSSR count). The van der Waals surface area contributed by atoms with Crippen LogP contribution in [0.4, 0.5) is 4.39 Å². The lowest BCUT2D eigenvalue weighted by atomic mass is 9.91. The summed E-state index contributed by atoms with van der Waals surface area (Å²) in [5.74, 6) is 0.430. The molecule has 0 bridgehead atoms. The van der Waals surface area contributed by atoms with Crippen LogP contribution in [0.15, 0.2) is 12.1 Å². The third-order valence-electron chi connectivity index (χ3n) is 2.83. The molecule has 96 valence electrons. The summed E-state index contributed by atoms with van der Waals surface area (Å²) in [5, 5.41) is 9.15. The molecule has 1 aromatic carbocycles. The minimum Gasteiger partial charge on any atom is -0.496 e. The van der Waals surface area contributed by atoms with Crippen molar-refractivity contribution in [2.45, 2.75) is 32.5 Å². The first kappa shape index (κ1) is 13.9. The highest BCUT2D eigenvalue weighted by Crippen LogP contribution is 2.38. The average molecular weight is 241 g/mol. The molecule has 0 aliphatic carbocycles. The number of aliphatic hydroxyl groups is 1. The van der Waals surface area contributed by atoms with E-state index in [1.807, 2.05) is 6.92 Å². The lowest BCUT2D eigenvalue weighted by Crippen LogP contribution is -2.20. The molecule has 0 amide bonds. The van der Waals surface area contributed by atoms with Crippen LogP contribution in [0, 0.1) is 6.92 Å². The Bertz CT molecular complexity index is 399. The Balaban J connectivity index is 3.47. The molecule has 0 fully saturated rings. The number of hydrogen-bond acceptors (Lipinski definition) is 3. The van der Waals surface area contributed by atoms with Gasteiger partial charge in [0.05, 0.1) is 19.8 Å². The van der Waals surface area contributed by atoms with Crippen molar-refractivity contribution >= 4 is 0 Å². The van der Waals surface area contributed by atoms with E-state index >= 15 is 0 Å². The summed E-state index contributed by atoms with van der Waals surface area (Å²) in [5.41, 5.74) is 6.32. The van der Waals surface area contributed by atoms with E-state index in [0.717, 1.165) is 5.56 Å². The molecule has 0 saturated carbocycles. The van der Waals surface area contributed by atoms with Crippen molar-refractivity contribution in [3.8, 4) is 5.75 Å². The molecule has 17 heavy (non-hydrogen) atoms. The Morgan fingerprint density at radius 1 is 1.47 bits per heavy atom. The van der Waals surface area contributed by atoms with Gasteiger partial charge in [0.2, 0.25) is 0 Å². The van der Waals surface area contributed by atoms with Crippen LogP contribution in [0.2, 0.25) is 0 Å². The highest BCUT2D eigenvalue weighted by Gasteiger charge is 2.27. The van der Waals surface area contributed by atoms with Gasteiger partial charge >= 0.3 is 0 Å². The largest absolute Gasteiger partial charge is 0.496 e. The Kier molecular flexibility index (Phi) is 4.11. The number of aryl methyl sites for hydroxylation is 1. The Hall–Kier alpha value is -1.13. The minimum atomic E-state index is -1.51. The SMILES string of the molecule is COc1c(C(C)(C)F)ccc(C)c1C(N)CO. The number of benzene rings is 1. The highest BCUT2D eigenvalue weighted by molar-refractivity contribution is 5.50. The molecule has 1 atom stereocenters. The van der Waals surface area contributed by atoms with Gasteiger partial charge in [-0.2, -0.15) is 0 Å². The van der Waals surface area contributed by atoms with Gasteiger partial charge in [-0.15, -0.1) is 0 Å². The summed E-state index contributed by atoms with van der Waals surface area (Å²) in [4.78, 5) is 0.